The van der Waals surface area contributed by atoms with Gasteiger partial charge in [0.1, 0.15) is 11.5 Å². The number of nitrogens with zero attached hydrogens (tertiary/aromatic N) is 4. The van der Waals surface area contributed by atoms with Gasteiger partial charge in [0.15, 0.2) is 0 Å². The summed E-state index contributed by atoms with van der Waals surface area (Å²) in [6.07, 6.45) is 1.93. The van der Waals surface area contributed by atoms with Gasteiger partial charge in [-0.2, -0.15) is 12.1 Å². The Labute approximate surface area is 473 Å². The molecular formula is C71H76N4OPt+2. The molecule has 0 N–H and O–H groups in total. The van der Waals surface area contributed by atoms with Crippen LogP contribution >= 0.6 is 0 Å². The quantitative estimate of drug-likeness (QED) is 0.112. The van der Waals surface area contributed by atoms with Crippen LogP contribution in [-0.2, 0) is 53.6 Å². The number of hydrogen-bond donors (Lipinski definition) is 0. The minimum atomic E-state index is -0.332. The normalized spacial score (nSPS) is 13.4. The molecule has 0 radical (unpaired) electrons. The summed E-state index contributed by atoms with van der Waals surface area (Å²) in [5.74, 6) is 2.00. The predicted molar refractivity (Wildman–Crippen MR) is 321 cm³/mol. The van der Waals surface area contributed by atoms with Gasteiger partial charge in [-0.05, 0) is 99.7 Å². The molecule has 6 heteroatoms. The van der Waals surface area contributed by atoms with Crippen LogP contribution in [0.5, 0.6) is 11.5 Å². The molecule has 0 saturated carbocycles. The van der Waals surface area contributed by atoms with Crippen LogP contribution in [0.4, 0.5) is 22.7 Å². The monoisotopic (exact) mass is 1200 g/mol. The average Bonchev–Trinajstić information content (AvgIpc) is 4.03. The number of para-hydroxylation sites is 1. The summed E-state index contributed by atoms with van der Waals surface area (Å²) < 4.78 is 13.5. The standard InChI is InChI=1S/C71H76N4O.Pt/c1-66(2,3)49-33-34-72-64(42-49)75-61-32-29-46(47-35-50(67(4,5)6)38-51(36-47)68(7,8)9)37-59(61)58-31-30-57(44-63(58)75)76-56-26-21-25-54(43-56)73-45-74(55-40-52(69(10,11)12)39-53(41-55)70(13,14)15)65-60(27-22-28-62(65)73)71(16,17)48-23-19-18-20-24-48;/h18-42H,1-17H3;/q;+2. The summed E-state index contributed by atoms with van der Waals surface area (Å²) in [4.78, 5) is 5.02. The van der Waals surface area contributed by atoms with Crippen molar-refractivity contribution < 1.29 is 25.8 Å². The molecule has 5 nitrogen and oxygen atoms in total. The van der Waals surface area contributed by atoms with Gasteiger partial charge in [0.25, 0.3) is 5.69 Å². The van der Waals surface area contributed by atoms with Crippen LogP contribution in [0.15, 0.2) is 152 Å². The Morgan fingerprint density at radius 1 is 0.468 bits per heavy atom. The van der Waals surface area contributed by atoms with E-state index in [1.54, 1.807) is 0 Å². The van der Waals surface area contributed by atoms with Crippen molar-refractivity contribution in [2.45, 2.75) is 150 Å². The second kappa shape index (κ2) is 19.7. The van der Waals surface area contributed by atoms with Gasteiger partial charge in [0.05, 0.1) is 0 Å². The van der Waals surface area contributed by atoms with Crippen molar-refractivity contribution in [1.82, 2.24) is 18.7 Å². The molecule has 10 rings (SSSR count). The SMILES string of the molecule is CC(C)(C)c1cc(-c2ccc3c(c2)c2ccc(Oc4[c-]c([N+]5=C=[N+](c6cc(C(C)(C)C)cc(C(C)(C)C)c6)c6c5cccc6C(C)(C)c5ccccc5)ccc4)[c-]c2n3-c2cc(C(C)(C)C)ccn2)cc(C(C)(C)C)c1.[Pt+2]. The summed E-state index contributed by atoms with van der Waals surface area (Å²) in [5.41, 5.74) is 16.7. The summed E-state index contributed by atoms with van der Waals surface area (Å²) in [5, 5.41) is 2.20. The van der Waals surface area contributed by atoms with Gasteiger partial charge in [0, 0.05) is 52.4 Å². The molecular weight excluding hydrogens is 1120 g/mol. The number of ether oxygens (including phenoxy) is 1. The number of hydrogen-bond acceptors (Lipinski definition) is 2. The maximum absolute atomic E-state index is 6.86. The van der Waals surface area contributed by atoms with E-state index < -0.39 is 0 Å². The van der Waals surface area contributed by atoms with Gasteiger partial charge >= 0.3 is 32.8 Å². The first-order valence-corrected chi connectivity index (χ1v) is 27.1. The van der Waals surface area contributed by atoms with E-state index >= 15 is 0 Å². The number of pyridine rings is 1. The number of aromatic nitrogens is 2. The Balaban J connectivity index is 0.00000722. The second-order valence-corrected chi connectivity index (χ2v) is 26.8. The van der Waals surface area contributed by atoms with E-state index in [4.69, 9.17) is 9.72 Å². The Morgan fingerprint density at radius 2 is 1.05 bits per heavy atom. The van der Waals surface area contributed by atoms with Crippen molar-refractivity contribution in [1.29, 1.82) is 0 Å². The Hall–Kier alpha value is -6.64. The summed E-state index contributed by atoms with van der Waals surface area (Å²) in [6.45, 7) is 38.9. The van der Waals surface area contributed by atoms with E-state index in [0.29, 0.717) is 11.5 Å². The third-order valence-electron chi connectivity index (χ3n) is 15.5. The van der Waals surface area contributed by atoms with Crippen molar-refractivity contribution in [3.63, 3.8) is 0 Å². The predicted octanol–water partition coefficient (Wildman–Crippen LogP) is 18.9. The van der Waals surface area contributed by atoms with Gasteiger partial charge in [0.2, 0.25) is 5.69 Å². The molecule has 9 aromatic rings. The molecule has 0 aliphatic carbocycles. The minimum Gasteiger partial charge on any atom is -0.509 e. The molecule has 7 aromatic carbocycles. The maximum atomic E-state index is 6.86. The molecule has 0 bridgehead atoms. The van der Waals surface area contributed by atoms with Gasteiger partial charge < -0.3 is 9.30 Å². The molecule has 0 saturated heterocycles. The van der Waals surface area contributed by atoms with Crippen LogP contribution in [0.2, 0.25) is 0 Å². The van der Waals surface area contributed by atoms with Crippen molar-refractivity contribution in [2.75, 3.05) is 0 Å². The first-order valence-electron chi connectivity index (χ1n) is 27.1. The van der Waals surface area contributed by atoms with Crippen molar-refractivity contribution in [2.24, 2.45) is 0 Å². The Morgan fingerprint density at radius 3 is 1.66 bits per heavy atom. The first kappa shape index (κ1) is 55.1. The topological polar surface area (TPSA) is 33.1 Å². The smallest absolute Gasteiger partial charge is 0.509 e. The fourth-order valence-corrected chi connectivity index (χ4v) is 10.5. The van der Waals surface area contributed by atoms with Crippen LogP contribution in [-0.4, -0.2) is 15.6 Å². The fraction of sp³-hybridized carbons (Fsp3) is 0.324. The summed E-state index contributed by atoms with van der Waals surface area (Å²) in [7, 11) is 0. The zero-order valence-electron chi connectivity index (χ0n) is 48.4. The van der Waals surface area contributed by atoms with E-state index in [0.717, 1.165) is 50.4 Å². The zero-order valence-corrected chi connectivity index (χ0v) is 50.7. The first-order chi connectivity index (χ1) is 35.6. The Kier molecular flexibility index (Phi) is 14.1. The molecule has 2 aromatic heterocycles. The van der Waals surface area contributed by atoms with E-state index in [2.05, 4.69) is 277 Å². The maximum Gasteiger partial charge on any atom is 2.00 e. The molecule has 1 aliphatic rings. The van der Waals surface area contributed by atoms with E-state index in [1.807, 2.05) is 24.4 Å². The van der Waals surface area contributed by atoms with E-state index in [-0.39, 0.29) is 53.6 Å². The van der Waals surface area contributed by atoms with E-state index in [1.165, 1.54) is 50.1 Å². The number of benzene rings is 7. The van der Waals surface area contributed by atoms with Gasteiger partial charge in [-0.1, -0.05) is 219 Å². The minimum absolute atomic E-state index is 0. The molecule has 0 atom stereocenters. The third kappa shape index (κ3) is 10.7. The van der Waals surface area contributed by atoms with Crippen LogP contribution < -0.4 is 13.9 Å². The largest absolute Gasteiger partial charge is 2.00 e. The van der Waals surface area contributed by atoms with Gasteiger partial charge in [-0.15, -0.1) is 23.6 Å². The number of fused-ring (bicyclic) bond motifs is 4. The van der Waals surface area contributed by atoms with Crippen molar-refractivity contribution in [3.05, 3.63) is 203 Å². The van der Waals surface area contributed by atoms with Crippen molar-refractivity contribution in [3.8, 4) is 28.4 Å². The van der Waals surface area contributed by atoms with Crippen molar-refractivity contribution >= 4 is 50.6 Å². The molecule has 1 aliphatic heterocycles. The summed E-state index contributed by atoms with van der Waals surface area (Å²) in [6, 6.07) is 64.5. The van der Waals surface area contributed by atoms with E-state index in [9.17, 15) is 0 Å². The van der Waals surface area contributed by atoms with Gasteiger partial charge in [-0.25, -0.2) is 4.98 Å². The molecule has 0 unspecified atom stereocenters. The van der Waals surface area contributed by atoms with Crippen LogP contribution in [0.1, 0.15) is 157 Å². The molecule has 0 spiro atoms. The summed E-state index contributed by atoms with van der Waals surface area (Å²) >= 11 is 0. The fourth-order valence-electron chi connectivity index (χ4n) is 10.5. The molecule has 0 fully saturated rings. The van der Waals surface area contributed by atoms with Crippen LogP contribution in [0, 0.1) is 12.1 Å². The molecule has 3 heterocycles. The van der Waals surface area contributed by atoms with Crippen LogP contribution in [0.25, 0.3) is 38.8 Å². The third-order valence-corrected chi connectivity index (χ3v) is 15.5. The second-order valence-electron chi connectivity index (χ2n) is 26.8. The Bertz CT molecular complexity index is 3750. The molecule has 394 valence electrons. The number of rotatable bonds is 8. The van der Waals surface area contributed by atoms with Gasteiger partial charge in [-0.3, -0.25) is 0 Å². The van der Waals surface area contributed by atoms with Crippen LogP contribution in [0.3, 0.4) is 0 Å². The molecule has 0 amide bonds. The molecule has 77 heavy (non-hydrogen) atoms. The average molecular weight is 1200 g/mol. The zero-order chi connectivity index (χ0) is 54.5.